The molecular weight excluding hydrogens is 273 g/mol. The van der Waals surface area contributed by atoms with Crippen molar-refractivity contribution >= 4 is 22.6 Å². The number of nitrogens with one attached hydrogen (secondary N) is 1. The lowest BCUT2D eigenvalue weighted by atomic mass is 10.2. The summed E-state index contributed by atoms with van der Waals surface area (Å²) in [5.41, 5.74) is 0.517. The maximum absolute atomic E-state index is 12.2. The van der Waals surface area contributed by atoms with E-state index in [1.165, 1.54) is 0 Å². The summed E-state index contributed by atoms with van der Waals surface area (Å²) >= 11 is 0. The molecule has 0 spiro atoms. The fourth-order valence-corrected chi connectivity index (χ4v) is 1.72. The standard InChI is InChI=1S/C8H10F5NS.ClH/c1-14-6-7-2-4-8(5-3-7)15(9,10,11,12)13;/h2-5,14H,6H2,1H3;1H. The molecular formula is C8H11ClF5NS. The van der Waals surface area contributed by atoms with Crippen LogP contribution in [0.3, 0.4) is 0 Å². The van der Waals surface area contributed by atoms with Gasteiger partial charge in [-0.3, -0.25) is 0 Å². The predicted octanol–water partition coefficient (Wildman–Crippen LogP) is 4.49. The van der Waals surface area contributed by atoms with E-state index < -0.39 is 15.1 Å². The molecule has 0 atom stereocenters. The molecule has 0 saturated carbocycles. The van der Waals surface area contributed by atoms with E-state index in [1.807, 2.05) is 0 Å². The SMILES string of the molecule is CNCc1ccc(S(F)(F)(F)(F)F)cc1.Cl. The first-order valence-electron chi connectivity index (χ1n) is 4.00. The first-order chi connectivity index (χ1) is 6.53. The molecule has 1 N–H and O–H groups in total. The van der Waals surface area contributed by atoms with Crippen LogP contribution in [-0.4, -0.2) is 7.05 Å². The summed E-state index contributed by atoms with van der Waals surface area (Å²) in [6.45, 7) is 0.334. The third-order valence-corrected chi connectivity index (χ3v) is 2.91. The van der Waals surface area contributed by atoms with Crippen molar-refractivity contribution in [3.05, 3.63) is 29.8 Å². The number of rotatable bonds is 3. The van der Waals surface area contributed by atoms with Crippen molar-refractivity contribution in [3.63, 3.8) is 0 Å². The first kappa shape index (κ1) is 15.5. The van der Waals surface area contributed by atoms with Gasteiger partial charge >= 0.3 is 10.2 Å². The van der Waals surface area contributed by atoms with Gasteiger partial charge in [0, 0.05) is 6.54 Å². The van der Waals surface area contributed by atoms with Crippen molar-refractivity contribution in [1.82, 2.24) is 5.32 Å². The highest BCUT2D eigenvalue weighted by Gasteiger charge is 2.65. The Morgan fingerprint density at radius 2 is 1.44 bits per heavy atom. The predicted molar refractivity (Wildman–Crippen MR) is 57.9 cm³/mol. The highest BCUT2D eigenvalue weighted by molar-refractivity contribution is 8.45. The second-order valence-corrected chi connectivity index (χ2v) is 5.55. The van der Waals surface area contributed by atoms with Gasteiger partial charge in [-0.15, -0.1) is 12.4 Å². The monoisotopic (exact) mass is 283 g/mol. The molecule has 1 rings (SSSR count). The van der Waals surface area contributed by atoms with Crippen LogP contribution in [0.5, 0.6) is 0 Å². The van der Waals surface area contributed by atoms with Crippen LogP contribution < -0.4 is 5.32 Å². The summed E-state index contributed by atoms with van der Waals surface area (Å²) in [6.07, 6.45) is 0. The molecule has 0 aromatic heterocycles. The summed E-state index contributed by atoms with van der Waals surface area (Å²) in [5.74, 6) is 0. The quantitative estimate of drug-likeness (QED) is 0.806. The fraction of sp³-hybridized carbons (Fsp3) is 0.250. The minimum Gasteiger partial charge on any atom is -0.316 e. The minimum absolute atomic E-state index is 0. The van der Waals surface area contributed by atoms with Crippen LogP contribution in [0.25, 0.3) is 0 Å². The van der Waals surface area contributed by atoms with E-state index in [2.05, 4.69) is 5.32 Å². The van der Waals surface area contributed by atoms with Crippen molar-refractivity contribution in [1.29, 1.82) is 0 Å². The van der Waals surface area contributed by atoms with Crippen molar-refractivity contribution in [3.8, 4) is 0 Å². The lowest BCUT2D eigenvalue weighted by Gasteiger charge is -2.40. The van der Waals surface area contributed by atoms with E-state index in [0.29, 0.717) is 24.2 Å². The van der Waals surface area contributed by atoms with Crippen LogP contribution in [0.4, 0.5) is 19.4 Å². The lowest BCUT2D eigenvalue weighted by Crippen LogP contribution is -2.08. The third kappa shape index (κ3) is 4.15. The molecule has 1 nitrogen and oxygen atoms in total. The van der Waals surface area contributed by atoms with Crippen molar-refractivity contribution in [2.24, 2.45) is 0 Å². The normalized spacial score (nSPS) is 15.9. The van der Waals surface area contributed by atoms with Crippen LogP contribution in [0.1, 0.15) is 5.56 Å². The molecule has 0 saturated heterocycles. The zero-order valence-electron chi connectivity index (χ0n) is 8.22. The van der Waals surface area contributed by atoms with Crippen LogP contribution in [0, 0.1) is 0 Å². The van der Waals surface area contributed by atoms with Gasteiger partial charge in [0.15, 0.2) is 0 Å². The van der Waals surface area contributed by atoms with Crippen LogP contribution in [-0.2, 0) is 6.54 Å². The van der Waals surface area contributed by atoms with Gasteiger partial charge in [-0.1, -0.05) is 31.6 Å². The second-order valence-electron chi connectivity index (χ2n) is 3.14. The van der Waals surface area contributed by atoms with Crippen LogP contribution >= 0.6 is 22.6 Å². The molecule has 0 aliphatic carbocycles. The summed E-state index contributed by atoms with van der Waals surface area (Å²) in [7, 11) is -7.89. The summed E-state index contributed by atoms with van der Waals surface area (Å²) in [5, 5.41) is 2.70. The van der Waals surface area contributed by atoms with Gasteiger partial charge in [0.2, 0.25) is 0 Å². The number of hydrogen-bond acceptors (Lipinski definition) is 1. The Balaban J connectivity index is 0.00000225. The van der Waals surface area contributed by atoms with E-state index in [-0.39, 0.29) is 12.4 Å². The van der Waals surface area contributed by atoms with Gasteiger partial charge in [0.25, 0.3) is 0 Å². The van der Waals surface area contributed by atoms with Crippen molar-refractivity contribution < 1.29 is 19.4 Å². The molecule has 8 heteroatoms. The Kier molecular flexibility index (Phi) is 3.62. The second kappa shape index (κ2) is 3.75. The largest absolute Gasteiger partial charge is 0.316 e. The van der Waals surface area contributed by atoms with Crippen molar-refractivity contribution in [2.45, 2.75) is 11.4 Å². The van der Waals surface area contributed by atoms with Crippen molar-refractivity contribution in [2.75, 3.05) is 7.05 Å². The Bertz CT molecular complexity index is 359. The summed E-state index contributed by atoms with van der Waals surface area (Å²) in [6, 6.07) is 2.88. The number of hydrogen-bond donors (Lipinski definition) is 1. The van der Waals surface area contributed by atoms with Gasteiger partial charge in [-0.25, -0.2) is 0 Å². The average molecular weight is 284 g/mol. The lowest BCUT2D eigenvalue weighted by molar-refractivity contribution is 0.364. The molecule has 0 amide bonds. The Morgan fingerprint density at radius 1 is 1.00 bits per heavy atom. The molecule has 0 aliphatic rings. The van der Waals surface area contributed by atoms with Crippen LogP contribution in [0.15, 0.2) is 29.2 Å². The Morgan fingerprint density at radius 3 is 1.75 bits per heavy atom. The van der Waals surface area contributed by atoms with E-state index in [0.717, 1.165) is 12.1 Å². The van der Waals surface area contributed by atoms with E-state index in [1.54, 1.807) is 7.05 Å². The summed E-state index contributed by atoms with van der Waals surface area (Å²) in [4.78, 5) is -1.85. The first-order valence-corrected chi connectivity index (χ1v) is 5.96. The number of halogens is 6. The highest BCUT2D eigenvalue weighted by atomic mass is 35.5. The fourth-order valence-electron chi connectivity index (χ4n) is 1.07. The molecule has 16 heavy (non-hydrogen) atoms. The smallest absolute Gasteiger partial charge is 0.310 e. The van der Waals surface area contributed by atoms with E-state index >= 15 is 0 Å². The summed E-state index contributed by atoms with van der Waals surface area (Å²) < 4.78 is 61.2. The molecule has 0 radical (unpaired) electrons. The average Bonchev–Trinajstić information content (AvgIpc) is 2.01. The maximum Gasteiger partial charge on any atom is 0.310 e. The Hall–Kier alpha value is -0.530. The third-order valence-electron chi connectivity index (χ3n) is 1.75. The van der Waals surface area contributed by atoms with Gasteiger partial charge in [-0.2, -0.15) is 0 Å². The zero-order valence-corrected chi connectivity index (χ0v) is 9.86. The van der Waals surface area contributed by atoms with E-state index in [9.17, 15) is 19.4 Å². The Labute approximate surface area is 96.2 Å². The molecule has 1 aromatic carbocycles. The molecule has 1 aromatic rings. The molecule has 0 aliphatic heterocycles. The molecule has 0 bridgehead atoms. The highest BCUT2D eigenvalue weighted by Crippen LogP contribution is 3.02. The molecule has 0 unspecified atom stereocenters. The van der Waals surface area contributed by atoms with Gasteiger partial charge in [-0.05, 0) is 24.7 Å². The van der Waals surface area contributed by atoms with Gasteiger partial charge in [0.1, 0.15) is 4.90 Å². The minimum atomic E-state index is -9.50. The molecule has 0 fully saturated rings. The molecule has 0 heterocycles. The van der Waals surface area contributed by atoms with Crippen LogP contribution in [0.2, 0.25) is 0 Å². The van der Waals surface area contributed by atoms with E-state index in [4.69, 9.17) is 0 Å². The van der Waals surface area contributed by atoms with Gasteiger partial charge < -0.3 is 5.32 Å². The zero-order chi connectivity index (χ0) is 11.8. The van der Waals surface area contributed by atoms with Gasteiger partial charge in [0.05, 0.1) is 0 Å². The molecule has 96 valence electrons. The number of benzene rings is 1. The maximum atomic E-state index is 12.2. The topological polar surface area (TPSA) is 12.0 Å².